The summed E-state index contributed by atoms with van der Waals surface area (Å²) < 4.78 is 17.8. The molecule has 0 saturated heterocycles. The van der Waals surface area contributed by atoms with Crippen LogP contribution >= 0.6 is 27.3 Å². The summed E-state index contributed by atoms with van der Waals surface area (Å²) >= 11 is 5.13. The van der Waals surface area contributed by atoms with Crippen molar-refractivity contribution in [3.05, 3.63) is 44.9 Å². The number of aryl methyl sites for hydroxylation is 1. The van der Waals surface area contributed by atoms with Gasteiger partial charge < -0.3 is 19.9 Å². The van der Waals surface area contributed by atoms with Crippen molar-refractivity contribution in [3.8, 4) is 11.5 Å². The van der Waals surface area contributed by atoms with E-state index in [2.05, 4.69) is 20.9 Å². The Bertz CT molecular complexity index is 930. The lowest BCUT2D eigenvalue weighted by atomic mass is 10.1. The fourth-order valence-corrected chi connectivity index (χ4v) is 4.01. The first-order valence-corrected chi connectivity index (χ1v) is 9.47. The van der Waals surface area contributed by atoms with Crippen LogP contribution in [-0.4, -0.2) is 26.0 Å². The van der Waals surface area contributed by atoms with Gasteiger partial charge in [0.25, 0.3) is 0 Å². The predicted octanol–water partition coefficient (Wildman–Crippen LogP) is 5.11. The maximum Gasteiger partial charge on any atom is 0.188 e. The second-order valence-corrected chi connectivity index (χ2v) is 7.47. The van der Waals surface area contributed by atoms with Gasteiger partial charge >= 0.3 is 0 Å². The number of ether oxygens (including phenoxy) is 3. The van der Waals surface area contributed by atoms with Crippen LogP contribution in [0.1, 0.15) is 16.1 Å². The zero-order valence-corrected chi connectivity index (χ0v) is 17.1. The molecule has 3 rings (SSSR count). The number of aromatic nitrogens is 1. The van der Waals surface area contributed by atoms with Gasteiger partial charge in [0.2, 0.25) is 0 Å². The molecular weight excluding hydrogens is 416 g/mol. The molecule has 2 aromatic carbocycles. The average molecular weight is 435 g/mol. The molecule has 0 radical (unpaired) electrons. The lowest BCUT2D eigenvalue weighted by Gasteiger charge is -2.12. The summed E-state index contributed by atoms with van der Waals surface area (Å²) in [7, 11) is 3.20. The number of halogens is 1. The van der Waals surface area contributed by atoms with Crippen molar-refractivity contribution in [1.82, 2.24) is 4.98 Å². The molecule has 0 amide bonds. The number of hydrogen-bond donors (Lipinski definition) is 1. The monoisotopic (exact) mass is 434 g/mol. The first-order valence-electron chi connectivity index (χ1n) is 7.86. The quantitative estimate of drug-likeness (QED) is 0.431. The van der Waals surface area contributed by atoms with E-state index in [1.165, 1.54) is 0 Å². The molecule has 0 aliphatic heterocycles. The Labute approximate surface area is 164 Å². The Morgan fingerprint density at radius 3 is 2.77 bits per heavy atom. The number of thiazole rings is 1. The number of methoxy groups -OCH3 is 2. The van der Waals surface area contributed by atoms with E-state index in [-0.39, 0.29) is 6.79 Å². The standard InChI is InChI=1S/C19H19BrN2O3S/c1-11-8-14-16(9-13(11)21)26-17(22-14)7-5-12-4-6-15(25-10-23-2)18(20)19(12)24-3/h4-9H,10,21H2,1-3H3/b7-5+. The molecular formula is C19H19BrN2O3S. The van der Waals surface area contributed by atoms with Crippen molar-refractivity contribution >= 4 is 55.3 Å². The molecule has 2 N–H and O–H groups in total. The SMILES string of the molecule is COCOc1ccc(/C=C/c2nc3cc(C)c(N)cc3s2)c(OC)c1Br. The lowest BCUT2D eigenvalue weighted by molar-refractivity contribution is 0.0504. The van der Waals surface area contributed by atoms with Gasteiger partial charge in [0.15, 0.2) is 6.79 Å². The van der Waals surface area contributed by atoms with Crippen LogP contribution in [-0.2, 0) is 4.74 Å². The fourth-order valence-electron chi connectivity index (χ4n) is 2.47. The van der Waals surface area contributed by atoms with Crippen molar-refractivity contribution in [3.63, 3.8) is 0 Å². The molecule has 0 saturated carbocycles. The van der Waals surface area contributed by atoms with E-state index in [0.717, 1.165) is 36.5 Å². The van der Waals surface area contributed by atoms with Crippen LogP contribution in [0.25, 0.3) is 22.4 Å². The summed E-state index contributed by atoms with van der Waals surface area (Å²) in [6.45, 7) is 2.16. The van der Waals surface area contributed by atoms with E-state index in [0.29, 0.717) is 11.5 Å². The zero-order valence-electron chi connectivity index (χ0n) is 14.7. The smallest absolute Gasteiger partial charge is 0.188 e. The summed E-state index contributed by atoms with van der Waals surface area (Å²) in [4.78, 5) is 4.65. The van der Waals surface area contributed by atoms with E-state index in [4.69, 9.17) is 19.9 Å². The molecule has 0 fully saturated rings. The van der Waals surface area contributed by atoms with Crippen molar-refractivity contribution in [2.24, 2.45) is 0 Å². The summed E-state index contributed by atoms with van der Waals surface area (Å²) in [5.74, 6) is 1.35. The molecule has 0 spiro atoms. The molecule has 136 valence electrons. The van der Waals surface area contributed by atoms with Crippen LogP contribution in [0.3, 0.4) is 0 Å². The highest BCUT2D eigenvalue weighted by Crippen LogP contribution is 2.38. The van der Waals surface area contributed by atoms with E-state index >= 15 is 0 Å². The average Bonchev–Trinajstić information content (AvgIpc) is 3.01. The Morgan fingerprint density at radius 1 is 1.23 bits per heavy atom. The van der Waals surface area contributed by atoms with E-state index in [1.807, 2.05) is 43.3 Å². The number of nitrogens with zero attached hydrogens (tertiary/aromatic N) is 1. The fraction of sp³-hybridized carbons (Fsp3) is 0.211. The second kappa shape index (κ2) is 8.07. The molecule has 0 aliphatic carbocycles. The predicted molar refractivity (Wildman–Crippen MR) is 111 cm³/mol. The Hall–Kier alpha value is -2.09. The molecule has 0 unspecified atom stereocenters. The first kappa shape index (κ1) is 18.7. The van der Waals surface area contributed by atoms with E-state index < -0.39 is 0 Å². The molecule has 26 heavy (non-hydrogen) atoms. The maximum absolute atomic E-state index is 5.98. The third kappa shape index (κ3) is 3.85. The summed E-state index contributed by atoms with van der Waals surface area (Å²) in [6, 6.07) is 7.78. The van der Waals surface area contributed by atoms with Gasteiger partial charge in [-0.15, -0.1) is 11.3 Å². The minimum absolute atomic E-state index is 0.172. The minimum atomic E-state index is 0.172. The highest BCUT2D eigenvalue weighted by Gasteiger charge is 2.12. The summed E-state index contributed by atoms with van der Waals surface area (Å²) in [5, 5.41) is 0.905. The van der Waals surface area contributed by atoms with Gasteiger partial charge in [0.1, 0.15) is 21.0 Å². The number of hydrogen-bond acceptors (Lipinski definition) is 6. The Kier molecular flexibility index (Phi) is 5.80. The van der Waals surface area contributed by atoms with Crippen molar-refractivity contribution < 1.29 is 14.2 Å². The molecule has 0 bridgehead atoms. The van der Waals surface area contributed by atoms with Gasteiger partial charge in [-0.2, -0.15) is 0 Å². The van der Waals surface area contributed by atoms with Gasteiger partial charge in [-0.3, -0.25) is 0 Å². The van der Waals surface area contributed by atoms with Gasteiger partial charge in [-0.25, -0.2) is 4.98 Å². The van der Waals surface area contributed by atoms with Crippen LogP contribution in [0.4, 0.5) is 5.69 Å². The second-order valence-electron chi connectivity index (χ2n) is 5.61. The van der Waals surface area contributed by atoms with E-state index in [1.54, 1.807) is 25.6 Å². The first-order chi connectivity index (χ1) is 12.5. The highest BCUT2D eigenvalue weighted by atomic mass is 79.9. The van der Waals surface area contributed by atoms with Crippen LogP contribution in [0.15, 0.2) is 28.7 Å². The largest absolute Gasteiger partial charge is 0.495 e. The molecule has 1 aromatic heterocycles. The minimum Gasteiger partial charge on any atom is -0.495 e. The molecule has 7 heteroatoms. The zero-order chi connectivity index (χ0) is 18.7. The van der Waals surface area contributed by atoms with Gasteiger partial charge in [-0.1, -0.05) is 0 Å². The van der Waals surface area contributed by atoms with Gasteiger partial charge in [0.05, 0.1) is 17.3 Å². The summed E-state index contributed by atoms with van der Waals surface area (Å²) in [5.41, 5.74) is 9.68. The Morgan fingerprint density at radius 2 is 2.04 bits per heavy atom. The molecule has 1 heterocycles. The van der Waals surface area contributed by atoms with Crippen LogP contribution in [0.2, 0.25) is 0 Å². The van der Waals surface area contributed by atoms with Crippen LogP contribution in [0.5, 0.6) is 11.5 Å². The number of nitrogens with two attached hydrogens (primary N) is 1. The Balaban J connectivity index is 1.91. The van der Waals surface area contributed by atoms with Crippen molar-refractivity contribution in [1.29, 1.82) is 0 Å². The number of benzene rings is 2. The lowest BCUT2D eigenvalue weighted by Crippen LogP contribution is -2.00. The molecule has 5 nitrogen and oxygen atoms in total. The third-order valence-corrected chi connectivity index (χ3v) is 5.56. The van der Waals surface area contributed by atoms with Crippen molar-refractivity contribution in [2.45, 2.75) is 6.92 Å². The molecule has 0 atom stereocenters. The summed E-state index contributed by atoms with van der Waals surface area (Å²) in [6.07, 6.45) is 3.94. The van der Waals surface area contributed by atoms with Crippen LogP contribution < -0.4 is 15.2 Å². The third-order valence-electron chi connectivity index (χ3n) is 3.83. The van der Waals surface area contributed by atoms with Gasteiger partial charge in [-0.05, 0) is 64.8 Å². The van der Waals surface area contributed by atoms with Gasteiger partial charge in [0, 0.05) is 18.4 Å². The highest BCUT2D eigenvalue weighted by molar-refractivity contribution is 9.10. The number of rotatable bonds is 6. The number of fused-ring (bicyclic) bond motifs is 1. The number of anilines is 1. The maximum atomic E-state index is 5.98. The normalized spacial score (nSPS) is 11.4. The molecule has 0 aliphatic rings. The van der Waals surface area contributed by atoms with E-state index in [9.17, 15) is 0 Å². The topological polar surface area (TPSA) is 66.6 Å². The van der Waals surface area contributed by atoms with Crippen LogP contribution in [0, 0.1) is 6.92 Å². The molecule has 3 aromatic rings. The van der Waals surface area contributed by atoms with Crippen molar-refractivity contribution in [2.75, 3.05) is 26.7 Å². The number of nitrogen functional groups attached to an aromatic ring is 1.